The average Bonchev–Trinajstić information content (AvgIpc) is 2.78. The van der Waals surface area contributed by atoms with Crippen molar-refractivity contribution in [3.05, 3.63) is 76.8 Å². The van der Waals surface area contributed by atoms with Crippen molar-refractivity contribution in [3.8, 4) is 11.8 Å². The Morgan fingerprint density at radius 2 is 1.16 bits per heavy atom. The number of hydrogen-bond acceptors (Lipinski definition) is 7. The van der Waals surface area contributed by atoms with Gasteiger partial charge in [-0.15, -0.1) is 0 Å². The normalized spacial score (nSPS) is 11.2. The van der Waals surface area contributed by atoms with E-state index in [-0.39, 0.29) is 26.2 Å². The van der Waals surface area contributed by atoms with Crippen molar-refractivity contribution in [2.45, 2.75) is 5.92 Å². The molecule has 0 amide bonds. The van der Waals surface area contributed by atoms with Crippen LogP contribution in [0.3, 0.4) is 0 Å². The van der Waals surface area contributed by atoms with E-state index in [4.69, 9.17) is 24.4 Å². The molecule has 1 aromatic carbocycles. The molecule has 32 heavy (non-hydrogen) atoms. The second-order valence-corrected chi connectivity index (χ2v) is 7.98. The highest BCUT2D eigenvalue weighted by molar-refractivity contribution is 7.71. The first-order chi connectivity index (χ1) is 14.9. The van der Waals surface area contributed by atoms with Crippen LogP contribution in [0.2, 0.25) is 0 Å². The number of aromatic carboxylic acids is 1. The fourth-order valence-electron chi connectivity index (χ4n) is 3.52. The van der Waals surface area contributed by atoms with Crippen LogP contribution in [0.5, 0.6) is 11.8 Å². The van der Waals surface area contributed by atoms with Crippen LogP contribution >= 0.6 is 24.4 Å². The summed E-state index contributed by atoms with van der Waals surface area (Å²) in [5.41, 5.74) is -1.50. The minimum atomic E-state index is -1.25. The van der Waals surface area contributed by atoms with E-state index in [1.54, 1.807) is 0 Å². The van der Waals surface area contributed by atoms with Gasteiger partial charge in [-0.2, -0.15) is 0 Å². The van der Waals surface area contributed by atoms with Crippen LogP contribution in [0.1, 0.15) is 33.0 Å². The number of carbonyl (C=O) groups is 1. The van der Waals surface area contributed by atoms with E-state index in [0.29, 0.717) is 5.56 Å². The lowest BCUT2D eigenvalue weighted by atomic mass is 9.86. The van der Waals surface area contributed by atoms with Crippen LogP contribution in [0.25, 0.3) is 0 Å². The summed E-state index contributed by atoms with van der Waals surface area (Å²) in [5.74, 6) is -3.39. The number of benzene rings is 1. The fraction of sp³-hybridized carbons (Fsp3) is 0.250. The monoisotopic (exact) mass is 476 g/mol. The highest BCUT2D eigenvalue weighted by atomic mass is 32.1. The maximum Gasteiger partial charge on any atom is 0.335 e. The summed E-state index contributed by atoms with van der Waals surface area (Å²) in [6, 6.07) is 5.43. The molecule has 3 aromatic rings. The Bertz CT molecular complexity index is 1410. The molecule has 10 nitrogen and oxygen atoms in total. The standard InChI is InChI=1S/C20H20N4O6S2/c1-21-14(25)12(15(26)22(2)19(21)31)11(9-5-7-10(8-6-9)18(29)30)13-16(27)23(3)20(32)24(4)17(13)28/h5-8,11,25,27H,1-4H3,(H,29,30). The number of carboxylic acid groups (broad SMARTS) is 1. The molecule has 0 atom stereocenters. The molecule has 0 aliphatic heterocycles. The molecule has 3 N–H and O–H groups in total. The van der Waals surface area contributed by atoms with E-state index < -0.39 is 34.8 Å². The van der Waals surface area contributed by atoms with Crippen molar-refractivity contribution >= 4 is 30.4 Å². The number of carboxylic acids is 1. The first kappa shape index (κ1) is 23.2. The summed E-state index contributed by atoms with van der Waals surface area (Å²) in [6.45, 7) is 0. The second-order valence-electron chi connectivity index (χ2n) is 7.25. The van der Waals surface area contributed by atoms with Gasteiger partial charge < -0.3 is 15.3 Å². The van der Waals surface area contributed by atoms with E-state index in [2.05, 4.69) is 0 Å². The molecule has 0 aliphatic rings. The van der Waals surface area contributed by atoms with Crippen molar-refractivity contribution in [1.82, 2.24) is 18.3 Å². The molecule has 12 heteroatoms. The van der Waals surface area contributed by atoms with Gasteiger partial charge in [0.1, 0.15) is 0 Å². The van der Waals surface area contributed by atoms with Gasteiger partial charge in [-0.3, -0.25) is 27.9 Å². The van der Waals surface area contributed by atoms with Crippen LogP contribution < -0.4 is 11.1 Å². The highest BCUT2D eigenvalue weighted by Crippen LogP contribution is 2.36. The van der Waals surface area contributed by atoms with Crippen molar-refractivity contribution < 1.29 is 20.1 Å². The van der Waals surface area contributed by atoms with Crippen LogP contribution in [0.15, 0.2) is 33.9 Å². The maximum atomic E-state index is 13.2. The smallest absolute Gasteiger partial charge is 0.335 e. The minimum Gasteiger partial charge on any atom is -0.494 e. The van der Waals surface area contributed by atoms with Crippen LogP contribution in [0, 0.1) is 9.54 Å². The van der Waals surface area contributed by atoms with Gasteiger partial charge in [0, 0.05) is 28.2 Å². The summed E-state index contributed by atoms with van der Waals surface area (Å²) < 4.78 is 4.75. The van der Waals surface area contributed by atoms with Gasteiger partial charge in [0.15, 0.2) is 9.54 Å². The third-order valence-corrected chi connectivity index (χ3v) is 6.50. The number of rotatable bonds is 4. The Morgan fingerprint density at radius 1 is 0.781 bits per heavy atom. The van der Waals surface area contributed by atoms with E-state index in [9.17, 15) is 29.7 Å². The van der Waals surface area contributed by atoms with Crippen molar-refractivity contribution in [3.63, 3.8) is 0 Å². The lowest BCUT2D eigenvalue weighted by molar-refractivity contribution is 0.0697. The number of aromatic nitrogens is 4. The summed E-state index contributed by atoms with van der Waals surface area (Å²) in [4.78, 5) is 37.7. The van der Waals surface area contributed by atoms with Crippen LogP contribution in [0.4, 0.5) is 0 Å². The van der Waals surface area contributed by atoms with E-state index in [0.717, 1.165) is 9.13 Å². The summed E-state index contributed by atoms with van der Waals surface area (Å²) in [6.07, 6.45) is 0. The van der Waals surface area contributed by atoms with Gasteiger partial charge in [-0.25, -0.2) is 4.79 Å². The van der Waals surface area contributed by atoms with Crippen LogP contribution in [-0.4, -0.2) is 39.6 Å². The van der Waals surface area contributed by atoms with Crippen molar-refractivity contribution in [2.75, 3.05) is 0 Å². The van der Waals surface area contributed by atoms with Gasteiger partial charge in [-0.05, 0) is 42.1 Å². The fourth-order valence-corrected chi connectivity index (χ4v) is 3.86. The predicted octanol–water partition coefficient (Wildman–Crippen LogP) is 1.51. The van der Waals surface area contributed by atoms with Gasteiger partial charge >= 0.3 is 5.97 Å². The van der Waals surface area contributed by atoms with Gasteiger partial charge in [0.25, 0.3) is 11.1 Å². The summed E-state index contributed by atoms with van der Waals surface area (Å²) in [5, 5.41) is 30.9. The Kier molecular flexibility index (Phi) is 5.94. The molecule has 0 bridgehead atoms. The molecule has 2 heterocycles. The molecule has 3 rings (SSSR count). The molecule has 0 radical (unpaired) electrons. The largest absolute Gasteiger partial charge is 0.494 e. The van der Waals surface area contributed by atoms with Gasteiger partial charge in [-0.1, -0.05) is 12.1 Å². The van der Waals surface area contributed by atoms with E-state index in [1.165, 1.54) is 61.6 Å². The molecule has 0 saturated carbocycles. The molecule has 0 spiro atoms. The Hall–Kier alpha value is -3.51. The zero-order chi connectivity index (χ0) is 24.1. The number of hydrogen-bond donors (Lipinski definition) is 3. The summed E-state index contributed by atoms with van der Waals surface area (Å²) >= 11 is 10.3. The molecule has 0 aliphatic carbocycles. The Labute approximate surface area is 191 Å². The van der Waals surface area contributed by atoms with Crippen LogP contribution in [-0.2, 0) is 28.2 Å². The topological polar surface area (TPSA) is 132 Å². The minimum absolute atomic E-state index is 0.0142. The zero-order valence-corrected chi connectivity index (χ0v) is 19.2. The quantitative estimate of drug-likeness (QED) is 0.483. The van der Waals surface area contributed by atoms with E-state index >= 15 is 0 Å². The second kappa shape index (κ2) is 8.20. The third kappa shape index (κ3) is 3.46. The number of nitrogens with zero attached hydrogens (tertiary/aromatic N) is 4. The predicted molar refractivity (Wildman–Crippen MR) is 121 cm³/mol. The Balaban J connectivity index is 2.54. The first-order valence-corrected chi connectivity index (χ1v) is 10.0. The molecule has 168 valence electrons. The number of aromatic hydroxyl groups is 2. The molecular formula is C20H20N4O6S2. The third-order valence-electron chi connectivity index (χ3n) is 5.40. The summed E-state index contributed by atoms with van der Waals surface area (Å²) in [7, 11) is 5.75. The van der Waals surface area contributed by atoms with Gasteiger partial charge in [0.05, 0.1) is 22.6 Å². The maximum absolute atomic E-state index is 13.2. The SMILES string of the molecule is Cn1c(O)c(C(c2ccc(C(=O)O)cc2)c2c(O)n(C)c(=S)n(C)c2=O)c(=O)n(C)c1=S. The zero-order valence-electron chi connectivity index (χ0n) is 17.6. The van der Waals surface area contributed by atoms with Crippen molar-refractivity contribution in [1.29, 1.82) is 0 Å². The Morgan fingerprint density at radius 3 is 1.50 bits per heavy atom. The lowest BCUT2D eigenvalue weighted by Gasteiger charge is -2.23. The molecular weight excluding hydrogens is 456 g/mol. The van der Waals surface area contributed by atoms with E-state index in [1.807, 2.05) is 0 Å². The first-order valence-electron chi connectivity index (χ1n) is 9.21. The molecule has 0 saturated heterocycles. The molecule has 0 unspecified atom stereocenters. The average molecular weight is 477 g/mol. The molecule has 2 aromatic heterocycles. The van der Waals surface area contributed by atoms with Crippen molar-refractivity contribution in [2.24, 2.45) is 28.2 Å². The highest BCUT2D eigenvalue weighted by Gasteiger charge is 2.32. The molecule has 0 fully saturated rings. The van der Waals surface area contributed by atoms with Gasteiger partial charge in [0.2, 0.25) is 11.8 Å². The lowest BCUT2D eigenvalue weighted by Crippen LogP contribution is -2.33.